The summed E-state index contributed by atoms with van der Waals surface area (Å²) >= 11 is 0. The molecule has 0 amide bonds. The van der Waals surface area contributed by atoms with Crippen molar-refractivity contribution in [1.82, 2.24) is 19.5 Å². The van der Waals surface area contributed by atoms with Gasteiger partial charge < -0.3 is 25.8 Å². The number of aliphatic hydroxyl groups is 2. The van der Waals surface area contributed by atoms with Crippen LogP contribution in [0.25, 0.3) is 11.2 Å². The molecule has 5 N–H and O–H groups in total. The monoisotopic (exact) mass is 266 g/mol. The van der Waals surface area contributed by atoms with Gasteiger partial charge in [-0.1, -0.05) is 0 Å². The van der Waals surface area contributed by atoms with Crippen LogP contribution in [0.1, 0.15) is 13.8 Å². The van der Waals surface area contributed by atoms with E-state index in [9.17, 15) is 10.2 Å². The highest BCUT2D eigenvalue weighted by molar-refractivity contribution is 5.84. The van der Waals surface area contributed by atoms with Crippen LogP contribution >= 0.6 is 0 Å². The number of aliphatic hydroxyl groups excluding tert-OH is 2. The minimum atomic E-state index is -0.512. The Hall–Kier alpha value is -1.93. The van der Waals surface area contributed by atoms with Crippen LogP contribution in [0.2, 0.25) is 0 Å². The molecule has 0 aromatic carbocycles. The van der Waals surface area contributed by atoms with Crippen molar-refractivity contribution >= 4 is 22.9 Å². The van der Waals surface area contributed by atoms with Gasteiger partial charge in [-0.2, -0.15) is 9.97 Å². The lowest BCUT2D eigenvalue weighted by atomic mass is 10.4. The van der Waals surface area contributed by atoms with E-state index in [0.29, 0.717) is 30.1 Å². The fourth-order valence-electron chi connectivity index (χ4n) is 1.75. The van der Waals surface area contributed by atoms with Gasteiger partial charge in [-0.25, -0.2) is 4.98 Å². The molecule has 2 rings (SSSR count). The van der Waals surface area contributed by atoms with E-state index in [2.05, 4.69) is 20.3 Å². The molecule has 2 atom stereocenters. The maximum Gasteiger partial charge on any atom is 0.224 e. The number of rotatable bonds is 5. The average Bonchev–Trinajstić information content (AvgIpc) is 2.68. The van der Waals surface area contributed by atoms with Gasteiger partial charge >= 0.3 is 0 Å². The zero-order valence-electron chi connectivity index (χ0n) is 10.9. The van der Waals surface area contributed by atoms with Gasteiger partial charge in [-0.05, 0) is 13.8 Å². The van der Waals surface area contributed by atoms with Gasteiger partial charge in [0.05, 0.1) is 25.1 Å². The van der Waals surface area contributed by atoms with Crippen LogP contribution in [0, 0.1) is 0 Å². The predicted octanol–water partition coefficient (Wildman–Crippen LogP) is -0.418. The average molecular weight is 266 g/mol. The molecule has 19 heavy (non-hydrogen) atoms. The topological polar surface area (TPSA) is 122 Å². The van der Waals surface area contributed by atoms with E-state index in [1.807, 2.05) is 0 Å². The normalized spacial score (nSPS) is 14.5. The van der Waals surface area contributed by atoms with Gasteiger partial charge in [0.2, 0.25) is 5.95 Å². The van der Waals surface area contributed by atoms with E-state index in [4.69, 9.17) is 5.73 Å². The van der Waals surface area contributed by atoms with Crippen molar-refractivity contribution in [2.45, 2.75) is 32.6 Å². The highest BCUT2D eigenvalue weighted by Crippen LogP contribution is 2.19. The number of nitrogen functional groups attached to an aromatic ring is 1. The highest BCUT2D eigenvalue weighted by atomic mass is 16.3. The summed E-state index contributed by atoms with van der Waals surface area (Å²) in [7, 11) is 0. The molecule has 0 saturated heterocycles. The van der Waals surface area contributed by atoms with Crippen LogP contribution in [0.5, 0.6) is 0 Å². The molecule has 0 fully saturated rings. The summed E-state index contributed by atoms with van der Waals surface area (Å²) in [4.78, 5) is 12.4. The lowest BCUT2D eigenvalue weighted by Crippen LogP contribution is -2.17. The van der Waals surface area contributed by atoms with Gasteiger partial charge in [0.25, 0.3) is 0 Å². The van der Waals surface area contributed by atoms with Crippen LogP contribution < -0.4 is 11.1 Å². The smallest absolute Gasteiger partial charge is 0.224 e. The van der Waals surface area contributed by atoms with E-state index >= 15 is 0 Å². The number of aromatic nitrogens is 4. The van der Waals surface area contributed by atoms with E-state index in [1.54, 1.807) is 24.7 Å². The molecule has 2 heterocycles. The van der Waals surface area contributed by atoms with E-state index in [1.165, 1.54) is 0 Å². The van der Waals surface area contributed by atoms with Crippen LogP contribution in [0.4, 0.5) is 11.8 Å². The Morgan fingerprint density at radius 1 is 1.32 bits per heavy atom. The minimum absolute atomic E-state index is 0.118. The minimum Gasteiger partial charge on any atom is -0.392 e. The van der Waals surface area contributed by atoms with E-state index in [-0.39, 0.29) is 5.95 Å². The summed E-state index contributed by atoms with van der Waals surface area (Å²) in [5.74, 6) is 0.598. The number of hydrogen-bond acceptors (Lipinski definition) is 7. The zero-order chi connectivity index (χ0) is 14.0. The Morgan fingerprint density at radius 2 is 2.05 bits per heavy atom. The summed E-state index contributed by atoms with van der Waals surface area (Å²) in [5.41, 5.74) is 6.78. The Morgan fingerprint density at radius 3 is 2.68 bits per heavy atom. The van der Waals surface area contributed by atoms with Gasteiger partial charge in [-0.15, -0.1) is 0 Å². The third-order valence-corrected chi connectivity index (χ3v) is 2.51. The molecule has 0 radical (unpaired) electrons. The first-order valence-electron chi connectivity index (χ1n) is 6.05. The number of anilines is 2. The molecule has 0 aliphatic heterocycles. The molecule has 2 aromatic heterocycles. The molecule has 0 spiro atoms. The summed E-state index contributed by atoms with van der Waals surface area (Å²) < 4.78 is 1.71. The summed E-state index contributed by atoms with van der Waals surface area (Å²) in [6, 6.07) is 0. The third-order valence-electron chi connectivity index (χ3n) is 2.51. The number of nitrogens with one attached hydrogen (secondary N) is 1. The molecule has 0 aliphatic rings. The van der Waals surface area contributed by atoms with E-state index in [0.717, 1.165) is 0 Å². The summed E-state index contributed by atoms with van der Waals surface area (Å²) in [6.07, 6.45) is 0.562. The van der Waals surface area contributed by atoms with Crippen molar-refractivity contribution < 1.29 is 10.2 Å². The summed E-state index contributed by atoms with van der Waals surface area (Å²) in [5, 5.41) is 21.7. The number of fused-ring (bicyclic) bond motifs is 1. The van der Waals surface area contributed by atoms with Crippen LogP contribution in [-0.4, -0.2) is 48.5 Å². The number of nitrogens with two attached hydrogens (primary N) is 1. The lowest BCUT2D eigenvalue weighted by Gasteiger charge is -2.09. The second-order valence-electron chi connectivity index (χ2n) is 4.58. The Balaban J connectivity index is 2.39. The largest absolute Gasteiger partial charge is 0.392 e. The summed E-state index contributed by atoms with van der Waals surface area (Å²) in [6.45, 7) is 4.07. The quantitative estimate of drug-likeness (QED) is 0.579. The van der Waals surface area contributed by atoms with Gasteiger partial charge in [-0.3, -0.25) is 0 Å². The molecule has 8 nitrogen and oxygen atoms in total. The number of nitrogens with zero attached hydrogens (tertiary/aromatic N) is 4. The van der Waals surface area contributed by atoms with Crippen molar-refractivity contribution in [3.8, 4) is 0 Å². The first kappa shape index (κ1) is 13.5. The molecule has 0 saturated carbocycles. The first-order valence-corrected chi connectivity index (χ1v) is 6.05. The molecule has 0 unspecified atom stereocenters. The SMILES string of the molecule is C[C@@H](O)CNc1nc(N)nc2c1ncn2C[C@@H](C)O. The lowest BCUT2D eigenvalue weighted by molar-refractivity contribution is 0.175. The van der Waals surface area contributed by atoms with Crippen molar-refractivity contribution in [3.63, 3.8) is 0 Å². The maximum atomic E-state index is 9.43. The standard InChI is InChI=1S/C11H18N6O2/c1-6(18)3-13-9-8-10(16-11(12)15-9)17(5-14-8)4-7(2)19/h5-7,18-19H,3-4H2,1-2H3,(H3,12,13,15,16)/t6-,7-/m1/s1. The molecular weight excluding hydrogens is 248 g/mol. The molecule has 104 valence electrons. The first-order chi connectivity index (χ1) is 8.97. The zero-order valence-corrected chi connectivity index (χ0v) is 10.9. The van der Waals surface area contributed by atoms with Gasteiger partial charge in [0.1, 0.15) is 0 Å². The Kier molecular flexibility index (Phi) is 3.82. The van der Waals surface area contributed by atoms with Crippen LogP contribution in [0.15, 0.2) is 6.33 Å². The molecule has 8 heteroatoms. The van der Waals surface area contributed by atoms with Crippen molar-refractivity contribution in [1.29, 1.82) is 0 Å². The van der Waals surface area contributed by atoms with Gasteiger partial charge in [0.15, 0.2) is 17.0 Å². The van der Waals surface area contributed by atoms with Gasteiger partial charge in [0, 0.05) is 6.54 Å². The Labute approximate surface area is 110 Å². The van der Waals surface area contributed by atoms with Crippen molar-refractivity contribution in [2.24, 2.45) is 0 Å². The highest BCUT2D eigenvalue weighted by Gasteiger charge is 2.13. The molecule has 2 aromatic rings. The number of hydrogen-bond donors (Lipinski definition) is 4. The third kappa shape index (κ3) is 3.09. The Bertz CT molecular complexity index is 566. The van der Waals surface area contributed by atoms with Crippen LogP contribution in [-0.2, 0) is 6.54 Å². The predicted molar refractivity (Wildman–Crippen MR) is 71.6 cm³/mol. The van der Waals surface area contributed by atoms with Crippen molar-refractivity contribution in [3.05, 3.63) is 6.33 Å². The number of imidazole rings is 1. The maximum absolute atomic E-state index is 9.43. The fourth-order valence-corrected chi connectivity index (χ4v) is 1.75. The second kappa shape index (κ2) is 5.37. The van der Waals surface area contributed by atoms with Crippen LogP contribution in [0.3, 0.4) is 0 Å². The second-order valence-corrected chi connectivity index (χ2v) is 4.58. The van der Waals surface area contributed by atoms with E-state index < -0.39 is 12.2 Å². The van der Waals surface area contributed by atoms with Crippen molar-refractivity contribution in [2.75, 3.05) is 17.6 Å². The molecule has 0 aliphatic carbocycles. The fraction of sp³-hybridized carbons (Fsp3) is 0.545. The molecular formula is C11H18N6O2. The molecule has 0 bridgehead atoms.